The molecule has 0 bridgehead atoms. The first-order valence-corrected chi connectivity index (χ1v) is 5.47. The quantitative estimate of drug-likeness (QED) is 0.809. The second-order valence-corrected chi connectivity index (χ2v) is 4.42. The Bertz CT molecular complexity index is 446. The van der Waals surface area contributed by atoms with Gasteiger partial charge in [-0.05, 0) is 11.5 Å². The molecule has 1 aromatic carbocycles. The van der Waals surface area contributed by atoms with E-state index < -0.39 is 30.1 Å². The van der Waals surface area contributed by atoms with Gasteiger partial charge >= 0.3 is 6.18 Å². The van der Waals surface area contributed by atoms with E-state index in [0.717, 1.165) is 0 Å². The molecule has 1 fully saturated rings. The van der Waals surface area contributed by atoms with Gasteiger partial charge in [0, 0.05) is 12.8 Å². The molecule has 1 aliphatic rings. The Kier molecular flexibility index (Phi) is 3.06. The van der Waals surface area contributed by atoms with Crippen molar-refractivity contribution in [1.82, 2.24) is 5.32 Å². The Hall–Kier alpha value is -1.56. The summed E-state index contributed by atoms with van der Waals surface area (Å²) in [6, 6.07) is 8.42. The van der Waals surface area contributed by atoms with E-state index in [1.165, 1.54) is 0 Å². The maximum absolute atomic E-state index is 12.7. The van der Waals surface area contributed by atoms with Gasteiger partial charge in [0.25, 0.3) is 0 Å². The van der Waals surface area contributed by atoms with Crippen LogP contribution in [0.5, 0.6) is 0 Å². The molecule has 1 aliphatic heterocycles. The fourth-order valence-electron chi connectivity index (χ4n) is 2.13. The summed E-state index contributed by atoms with van der Waals surface area (Å²) < 4.78 is 38.2. The van der Waals surface area contributed by atoms with Crippen LogP contribution in [-0.4, -0.2) is 22.9 Å². The van der Waals surface area contributed by atoms with E-state index in [4.69, 9.17) is 0 Å². The van der Waals surface area contributed by atoms with Crippen LogP contribution in [-0.2, 0) is 4.79 Å². The Morgan fingerprint density at radius 3 is 2.44 bits per heavy atom. The lowest BCUT2D eigenvalue weighted by Gasteiger charge is -2.38. The number of amides is 1. The molecular formula is C12H12F3NO2. The van der Waals surface area contributed by atoms with Crippen LogP contribution in [0, 0.1) is 0 Å². The molecule has 1 heterocycles. The van der Waals surface area contributed by atoms with Crippen molar-refractivity contribution in [1.29, 1.82) is 0 Å². The summed E-state index contributed by atoms with van der Waals surface area (Å²) in [4.78, 5) is 11.3. The van der Waals surface area contributed by atoms with E-state index in [9.17, 15) is 23.1 Å². The van der Waals surface area contributed by atoms with E-state index in [-0.39, 0.29) is 6.42 Å². The van der Waals surface area contributed by atoms with Crippen molar-refractivity contribution < 1.29 is 23.1 Å². The Labute approximate surface area is 102 Å². The zero-order valence-corrected chi connectivity index (χ0v) is 9.37. The van der Waals surface area contributed by atoms with Crippen molar-refractivity contribution in [3.63, 3.8) is 0 Å². The van der Waals surface area contributed by atoms with Crippen LogP contribution in [0.1, 0.15) is 24.3 Å². The minimum absolute atomic E-state index is 0.0532. The number of carbonyl (C=O) groups excluding carboxylic acids is 1. The standard InChI is InChI=1S/C12H12F3NO2/c13-12(14,15)11(18)7-9(6-10(17)16-11)8-4-2-1-3-5-8/h1-5,9,18H,6-7H2,(H,16,17)/t9-,11+/m1/s1. The highest BCUT2D eigenvalue weighted by Gasteiger charge is 2.57. The highest BCUT2D eigenvalue weighted by Crippen LogP contribution is 2.40. The number of aliphatic hydroxyl groups is 1. The van der Waals surface area contributed by atoms with Crippen LogP contribution in [0.3, 0.4) is 0 Å². The second-order valence-electron chi connectivity index (χ2n) is 4.42. The van der Waals surface area contributed by atoms with Gasteiger partial charge in [0.1, 0.15) is 0 Å². The smallest absolute Gasteiger partial charge is 0.363 e. The molecule has 6 heteroatoms. The summed E-state index contributed by atoms with van der Waals surface area (Å²) >= 11 is 0. The molecule has 2 N–H and O–H groups in total. The number of nitrogens with one attached hydrogen (secondary N) is 1. The summed E-state index contributed by atoms with van der Waals surface area (Å²) in [7, 11) is 0. The lowest BCUT2D eigenvalue weighted by atomic mass is 9.84. The molecule has 0 aromatic heterocycles. The zero-order valence-electron chi connectivity index (χ0n) is 9.37. The van der Waals surface area contributed by atoms with E-state index in [0.29, 0.717) is 5.56 Å². The Morgan fingerprint density at radius 1 is 1.28 bits per heavy atom. The number of piperidine rings is 1. The fraction of sp³-hybridized carbons (Fsp3) is 0.417. The number of alkyl halides is 3. The fourth-order valence-corrected chi connectivity index (χ4v) is 2.13. The average molecular weight is 259 g/mol. The van der Waals surface area contributed by atoms with Crippen molar-refractivity contribution in [3.8, 4) is 0 Å². The summed E-state index contributed by atoms with van der Waals surface area (Å²) in [5.41, 5.74) is -2.52. The number of hydrogen-bond acceptors (Lipinski definition) is 2. The van der Waals surface area contributed by atoms with Crippen molar-refractivity contribution in [2.24, 2.45) is 0 Å². The van der Waals surface area contributed by atoms with E-state index >= 15 is 0 Å². The summed E-state index contributed by atoms with van der Waals surface area (Å²) in [5, 5.41) is 11.2. The third kappa shape index (κ3) is 2.33. The number of carbonyl (C=O) groups is 1. The maximum Gasteiger partial charge on any atom is 0.436 e. The SMILES string of the molecule is O=C1C[C@@H](c2ccccc2)C[C@](O)(C(F)(F)F)N1. The molecule has 0 saturated carbocycles. The van der Waals surface area contributed by atoms with Gasteiger partial charge in [0.15, 0.2) is 0 Å². The largest absolute Gasteiger partial charge is 0.436 e. The lowest BCUT2D eigenvalue weighted by Crippen LogP contribution is -2.62. The summed E-state index contributed by atoms with van der Waals surface area (Å²) in [5.74, 6) is -1.43. The van der Waals surface area contributed by atoms with Gasteiger partial charge in [0.05, 0.1) is 0 Å². The molecule has 0 unspecified atom stereocenters. The lowest BCUT2D eigenvalue weighted by molar-refractivity contribution is -0.278. The van der Waals surface area contributed by atoms with E-state index in [1.54, 1.807) is 35.6 Å². The van der Waals surface area contributed by atoms with Gasteiger partial charge in [-0.3, -0.25) is 4.79 Å². The number of benzene rings is 1. The molecule has 2 rings (SSSR count). The first-order valence-electron chi connectivity index (χ1n) is 5.47. The molecule has 18 heavy (non-hydrogen) atoms. The highest BCUT2D eigenvalue weighted by atomic mass is 19.4. The van der Waals surface area contributed by atoms with Crippen molar-refractivity contribution in [2.75, 3.05) is 0 Å². The first-order chi connectivity index (χ1) is 8.32. The molecule has 2 atom stereocenters. The van der Waals surface area contributed by atoms with Gasteiger partial charge in [-0.15, -0.1) is 0 Å². The van der Waals surface area contributed by atoms with Gasteiger partial charge in [-0.1, -0.05) is 30.3 Å². The molecule has 0 aliphatic carbocycles. The molecule has 0 spiro atoms. The van der Waals surface area contributed by atoms with Crippen LogP contribution in [0.25, 0.3) is 0 Å². The second kappa shape index (κ2) is 4.28. The average Bonchev–Trinajstić information content (AvgIpc) is 2.27. The van der Waals surface area contributed by atoms with Crippen molar-refractivity contribution >= 4 is 5.91 Å². The molecular weight excluding hydrogens is 247 g/mol. The highest BCUT2D eigenvalue weighted by molar-refractivity contribution is 5.78. The van der Waals surface area contributed by atoms with Crippen molar-refractivity contribution in [3.05, 3.63) is 35.9 Å². The number of halogens is 3. The summed E-state index contributed by atoms with van der Waals surface area (Å²) in [6.45, 7) is 0. The Morgan fingerprint density at radius 2 is 1.89 bits per heavy atom. The maximum atomic E-state index is 12.7. The van der Waals surface area contributed by atoms with Gasteiger partial charge in [-0.25, -0.2) is 0 Å². The molecule has 1 aromatic rings. The summed E-state index contributed by atoms with van der Waals surface area (Å²) in [6.07, 6.45) is -5.50. The first kappa shape index (κ1) is 12.9. The molecule has 98 valence electrons. The van der Waals surface area contributed by atoms with Crippen LogP contribution < -0.4 is 5.32 Å². The van der Waals surface area contributed by atoms with Crippen LogP contribution in [0.2, 0.25) is 0 Å². The minimum Gasteiger partial charge on any atom is -0.363 e. The third-order valence-corrected chi connectivity index (χ3v) is 3.06. The monoisotopic (exact) mass is 259 g/mol. The topological polar surface area (TPSA) is 49.3 Å². The molecule has 1 saturated heterocycles. The predicted octanol–water partition coefficient (Wildman–Crippen LogP) is 1.93. The van der Waals surface area contributed by atoms with Gasteiger partial charge in [0.2, 0.25) is 11.6 Å². The Balaban J connectivity index is 2.28. The third-order valence-electron chi connectivity index (χ3n) is 3.06. The zero-order chi connectivity index (χ0) is 13.4. The van der Waals surface area contributed by atoms with Crippen LogP contribution >= 0.6 is 0 Å². The molecule has 1 amide bonds. The predicted molar refractivity (Wildman–Crippen MR) is 57.6 cm³/mol. The molecule has 3 nitrogen and oxygen atoms in total. The number of rotatable bonds is 1. The van der Waals surface area contributed by atoms with E-state index in [2.05, 4.69) is 0 Å². The normalized spacial score (nSPS) is 28.9. The van der Waals surface area contributed by atoms with E-state index in [1.807, 2.05) is 0 Å². The minimum atomic E-state index is -4.88. The van der Waals surface area contributed by atoms with Crippen LogP contribution in [0.15, 0.2) is 30.3 Å². The van der Waals surface area contributed by atoms with Crippen LogP contribution in [0.4, 0.5) is 13.2 Å². The molecule has 0 radical (unpaired) electrons. The van der Waals surface area contributed by atoms with Crippen molar-refractivity contribution in [2.45, 2.75) is 30.7 Å². The van der Waals surface area contributed by atoms with Gasteiger partial charge in [-0.2, -0.15) is 13.2 Å². The van der Waals surface area contributed by atoms with Gasteiger partial charge < -0.3 is 10.4 Å². The number of hydrogen-bond donors (Lipinski definition) is 2.